The molecule has 0 bridgehead atoms. The van der Waals surface area contributed by atoms with Crippen molar-refractivity contribution in [2.24, 2.45) is 0 Å². The van der Waals surface area contributed by atoms with Gasteiger partial charge in [-0.1, -0.05) is 0 Å². The van der Waals surface area contributed by atoms with Crippen molar-refractivity contribution in [1.82, 2.24) is 25.3 Å². The first-order chi connectivity index (χ1) is 13.1. The lowest BCUT2D eigenvalue weighted by molar-refractivity contribution is 0.0925. The first-order valence-corrected chi connectivity index (χ1v) is 9.17. The molecule has 0 atom stereocenters. The van der Waals surface area contributed by atoms with Crippen molar-refractivity contribution in [2.75, 3.05) is 18.0 Å². The number of aryl methyl sites for hydroxylation is 2. The maximum absolute atomic E-state index is 12.2. The van der Waals surface area contributed by atoms with Crippen LogP contribution in [-0.2, 0) is 0 Å². The summed E-state index contributed by atoms with van der Waals surface area (Å²) in [5.74, 6) is 0.777. The van der Waals surface area contributed by atoms with Crippen LogP contribution in [0.5, 0.6) is 0 Å². The number of nitrogens with zero attached hydrogens (tertiary/aromatic N) is 5. The Morgan fingerprint density at radius 3 is 2.70 bits per heavy atom. The zero-order valence-electron chi connectivity index (χ0n) is 15.5. The van der Waals surface area contributed by atoms with Crippen LogP contribution in [0.1, 0.15) is 34.6 Å². The van der Waals surface area contributed by atoms with E-state index in [9.17, 15) is 4.79 Å². The summed E-state index contributed by atoms with van der Waals surface area (Å²) in [6.07, 6.45) is 6.31. The summed E-state index contributed by atoms with van der Waals surface area (Å²) in [6, 6.07) is 6.38. The first-order valence-electron chi connectivity index (χ1n) is 9.17. The molecule has 0 saturated carbocycles. The number of piperidine rings is 1. The van der Waals surface area contributed by atoms with Crippen LogP contribution in [0.3, 0.4) is 0 Å². The fourth-order valence-electron chi connectivity index (χ4n) is 3.53. The van der Waals surface area contributed by atoms with Gasteiger partial charge in [-0.2, -0.15) is 0 Å². The van der Waals surface area contributed by atoms with Crippen LogP contribution in [0.25, 0.3) is 11.0 Å². The summed E-state index contributed by atoms with van der Waals surface area (Å²) in [5.41, 5.74) is 3.33. The van der Waals surface area contributed by atoms with Crippen LogP contribution in [0.4, 0.5) is 5.82 Å². The van der Waals surface area contributed by atoms with Gasteiger partial charge in [0.05, 0.1) is 6.20 Å². The van der Waals surface area contributed by atoms with E-state index in [0.717, 1.165) is 48.5 Å². The van der Waals surface area contributed by atoms with Gasteiger partial charge in [0.1, 0.15) is 11.5 Å². The molecular formula is C20H22N6O. The summed E-state index contributed by atoms with van der Waals surface area (Å²) in [5, 5.41) is 4.14. The van der Waals surface area contributed by atoms with Crippen LogP contribution in [0.2, 0.25) is 0 Å². The Balaban J connectivity index is 1.42. The van der Waals surface area contributed by atoms with Gasteiger partial charge in [0.15, 0.2) is 5.65 Å². The minimum absolute atomic E-state index is 0.138. The molecule has 1 fully saturated rings. The van der Waals surface area contributed by atoms with Crippen molar-refractivity contribution in [3.63, 3.8) is 0 Å². The number of rotatable bonds is 3. The number of amides is 1. The van der Waals surface area contributed by atoms with E-state index < -0.39 is 0 Å². The van der Waals surface area contributed by atoms with Crippen LogP contribution in [0, 0.1) is 13.8 Å². The Morgan fingerprint density at radius 2 is 1.96 bits per heavy atom. The molecule has 3 aromatic heterocycles. The monoisotopic (exact) mass is 362 g/mol. The lowest BCUT2D eigenvalue weighted by atomic mass is 10.0. The molecule has 0 unspecified atom stereocenters. The highest BCUT2D eigenvalue weighted by Crippen LogP contribution is 2.23. The predicted octanol–water partition coefficient (Wildman–Crippen LogP) is 2.44. The van der Waals surface area contributed by atoms with Crippen molar-refractivity contribution in [3.05, 3.63) is 53.7 Å². The molecular weight excluding hydrogens is 340 g/mol. The number of carbonyl (C=O) groups excluding carboxylic acids is 1. The molecule has 0 aromatic carbocycles. The molecule has 3 aromatic rings. The van der Waals surface area contributed by atoms with Crippen molar-refractivity contribution < 1.29 is 4.79 Å². The molecule has 1 aliphatic heterocycles. The third kappa shape index (κ3) is 3.72. The maximum Gasteiger partial charge on any atom is 0.271 e. The van der Waals surface area contributed by atoms with Crippen molar-refractivity contribution in [3.8, 4) is 0 Å². The molecule has 1 amide bonds. The lowest BCUT2D eigenvalue weighted by Crippen LogP contribution is -2.45. The van der Waals surface area contributed by atoms with E-state index in [1.165, 1.54) is 18.0 Å². The number of nitrogens with one attached hydrogen (secondary N) is 1. The second-order valence-electron chi connectivity index (χ2n) is 6.95. The number of anilines is 1. The lowest BCUT2D eigenvalue weighted by Gasteiger charge is -2.33. The number of fused-ring (bicyclic) bond motifs is 1. The minimum atomic E-state index is -0.166. The molecule has 1 aliphatic rings. The van der Waals surface area contributed by atoms with E-state index in [0.29, 0.717) is 5.69 Å². The molecule has 0 spiro atoms. The Labute approximate surface area is 157 Å². The number of pyridine rings is 2. The molecule has 0 aliphatic carbocycles. The summed E-state index contributed by atoms with van der Waals surface area (Å²) in [6.45, 7) is 5.76. The summed E-state index contributed by atoms with van der Waals surface area (Å²) >= 11 is 0. The largest absolute Gasteiger partial charge is 0.356 e. The summed E-state index contributed by atoms with van der Waals surface area (Å²) in [4.78, 5) is 31.8. The Morgan fingerprint density at radius 1 is 1.15 bits per heavy atom. The van der Waals surface area contributed by atoms with Crippen molar-refractivity contribution in [2.45, 2.75) is 32.7 Å². The number of carbonyl (C=O) groups is 1. The highest BCUT2D eigenvalue weighted by Gasteiger charge is 2.22. The van der Waals surface area contributed by atoms with Crippen LogP contribution < -0.4 is 10.2 Å². The fourth-order valence-corrected chi connectivity index (χ4v) is 3.53. The van der Waals surface area contributed by atoms with Gasteiger partial charge in [0.25, 0.3) is 5.91 Å². The van der Waals surface area contributed by atoms with Gasteiger partial charge in [0, 0.05) is 42.6 Å². The van der Waals surface area contributed by atoms with E-state index in [1.807, 2.05) is 6.92 Å². The van der Waals surface area contributed by atoms with Crippen LogP contribution in [-0.4, -0.2) is 45.0 Å². The molecule has 1 N–H and O–H groups in total. The molecule has 1 saturated heterocycles. The second kappa shape index (κ2) is 7.26. The summed E-state index contributed by atoms with van der Waals surface area (Å²) < 4.78 is 0. The molecule has 4 heterocycles. The average molecular weight is 362 g/mol. The van der Waals surface area contributed by atoms with E-state index in [-0.39, 0.29) is 11.9 Å². The smallest absolute Gasteiger partial charge is 0.271 e. The van der Waals surface area contributed by atoms with Crippen LogP contribution >= 0.6 is 0 Å². The number of hydrogen-bond acceptors (Lipinski definition) is 6. The zero-order chi connectivity index (χ0) is 18.8. The van der Waals surface area contributed by atoms with Gasteiger partial charge < -0.3 is 10.2 Å². The Hall–Kier alpha value is -3.09. The fraction of sp³-hybridized carbons (Fsp3) is 0.350. The third-order valence-corrected chi connectivity index (χ3v) is 4.94. The highest BCUT2D eigenvalue weighted by atomic mass is 16.1. The predicted molar refractivity (Wildman–Crippen MR) is 104 cm³/mol. The zero-order valence-corrected chi connectivity index (χ0v) is 15.5. The maximum atomic E-state index is 12.2. The SMILES string of the molecule is Cc1cc(C)c2ccc(N3CCC(NC(=O)c4cnccn4)CC3)nc2n1. The average Bonchev–Trinajstić information content (AvgIpc) is 2.68. The van der Waals surface area contributed by atoms with Gasteiger partial charge in [-0.3, -0.25) is 9.78 Å². The molecule has 27 heavy (non-hydrogen) atoms. The van der Waals surface area contributed by atoms with Crippen molar-refractivity contribution in [1.29, 1.82) is 0 Å². The Bertz CT molecular complexity index is 967. The highest BCUT2D eigenvalue weighted by molar-refractivity contribution is 5.92. The number of aromatic nitrogens is 4. The van der Waals surface area contributed by atoms with Gasteiger partial charge in [-0.25, -0.2) is 15.0 Å². The molecule has 7 heteroatoms. The quantitative estimate of drug-likeness (QED) is 0.770. The minimum Gasteiger partial charge on any atom is -0.356 e. The van der Waals surface area contributed by atoms with Gasteiger partial charge in [-0.15, -0.1) is 0 Å². The second-order valence-corrected chi connectivity index (χ2v) is 6.95. The molecule has 4 rings (SSSR count). The van der Waals surface area contributed by atoms with Gasteiger partial charge in [-0.05, 0) is 50.5 Å². The number of hydrogen-bond donors (Lipinski definition) is 1. The van der Waals surface area contributed by atoms with E-state index >= 15 is 0 Å². The molecule has 138 valence electrons. The third-order valence-electron chi connectivity index (χ3n) is 4.94. The van der Waals surface area contributed by atoms with Gasteiger partial charge in [0.2, 0.25) is 0 Å². The first kappa shape index (κ1) is 17.3. The Kier molecular flexibility index (Phi) is 4.66. The van der Waals surface area contributed by atoms with E-state index in [4.69, 9.17) is 4.98 Å². The molecule has 0 radical (unpaired) electrons. The molecule has 7 nitrogen and oxygen atoms in total. The topological polar surface area (TPSA) is 83.9 Å². The normalized spacial score (nSPS) is 15.1. The summed E-state index contributed by atoms with van der Waals surface area (Å²) in [7, 11) is 0. The van der Waals surface area contributed by atoms with E-state index in [1.54, 1.807) is 6.20 Å². The van der Waals surface area contributed by atoms with Crippen LogP contribution in [0.15, 0.2) is 36.8 Å². The van der Waals surface area contributed by atoms with E-state index in [2.05, 4.69) is 50.3 Å². The van der Waals surface area contributed by atoms with Crippen molar-refractivity contribution >= 4 is 22.8 Å². The standard InChI is InChI=1S/C20H22N6O/c1-13-11-14(2)23-19-16(13)3-4-18(25-19)26-9-5-15(6-10-26)24-20(27)17-12-21-7-8-22-17/h3-4,7-8,11-12,15H,5-6,9-10H2,1-2H3,(H,24,27). The van der Waals surface area contributed by atoms with Gasteiger partial charge >= 0.3 is 0 Å².